The van der Waals surface area contributed by atoms with Gasteiger partial charge in [0.15, 0.2) is 0 Å². The van der Waals surface area contributed by atoms with Gasteiger partial charge in [0.1, 0.15) is 12.4 Å². The maximum atomic E-state index is 13.8. The normalized spacial score (nSPS) is 20.5. The molecule has 38 heavy (non-hydrogen) atoms. The van der Waals surface area contributed by atoms with Gasteiger partial charge >= 0.3 is 0 Å². The molecule has 0 spiro atoms. The third-order valence-electron chi connectivity index (χ3n) is 7.94. The highest BCUT2D eigenvalue weighted by Gasteiger charge is 2.36. The number of nitrogens with zero attached hydrogens (tertiary/aromatic N) is 4. The van der Waals surface area contributed by atoms with Gasteiger partial charge in [0.25, 0.3) is 5.91 Å². The van der Waals surface area contributed by atoms with Crippen LogP contribution in [0.25, 0.3) is 0 Å². The number of halogens is 1. The zero-order chi connectivity index (χ0) is 26.5. The molecule has 0 radical (unpaired) electrons. The molecule has 2 amide bonds. The minimum atomic E-state index is -0.309. The first-order valence-corrected chi connectivity index (χ1v) is 13.8. The van der Waals surface area contributed by atoms with E-state index in [9.17, 15) is 14.0 Å². The predicted octanol–water partition coefficient (Wildman–Crippen LogP) is 4.16. The zero-order valence-corrected chi connectivity index (χ0v) is 22.2. The van der Waals surface area contributed by atoms with Gasteiger partial charge in [0.2, 0.25) is 5.91 Å². The number of rotatable bonds is 8. The molecule has 2 aromatic rings. The second-order valence-corrected chi connectivity index (χ2v) is 10.6. The Labute approximate surface area is 224 Å². The van der Waals surface area contributed by atoms with Crippen LogP contribution in [0.15, 0.2) is 53.6 Å². The molecule has 0 N–H and O–H groups in total. The minimum absolute atomic E-state index is 0.00221. The van der Waals surface area contributed by atoms with Gasteiger partial charge in [0, 0.05) is 38.5 Å². The molecule has 0 aromatic heterocycles. The van der Waals surface area contributed by atoms with Gasteiger partial charge in [-0.15, -0.1) is 0 Å². The van der Waals surface area contributed by atoms with Crippen molar-refractivity contribution in [2.45, 2.75) is 45.1 Å². The smallest absolute Gasteiger partial charge is 0.262 e. The number of ether oxygens (including phenoxy) is 1. The summed E-state index contributed by atoms with van der Waals surface area (Å²) in [6, 6.07) is 14.1. The Morgan fingerprint density at radius 1 is 1.03 bits per heavy atom. The van der Waals surface area contributed by atoms with Crippen LogP contribution in [0.4, 0.5) is 4.39 Å². The Kier molecular flexibility index (Phi) is 8.49. The number of hydrogen-bond donors (Lipinski definition) is 0. The van der Waals surface area contributed by atoms with E-state index in [0.717, 1.165) is 67.7 Å². The molecule has 0 bridgehead atoms. The highest BCUT2D eigenvalue weighted by atomic mass is 19.1. The van der Waals surface area contributed by atoms with E-state index in [0.29, 0.717) is 26.2 Å². The van der Waals surface area contributed by atoms with E-state index in [-0.39, 0.29) is 36.1 Å². The number of carbonyl (C=O) groups excluding carboxylic acids is 2. The zero-order valence-electron chi connectivity index (χ0n) is 22.2. The number of hydrazone groups is 1. The molecule has 0 unspecified atom stereocenters. The number of carbonyl (C=O) groups is 2. The van der Waals surface area contributed by atoms with Crippen molar-refractivity contribution in [3.05, 3.63) is 71.0 Å². The lowest BCUT2D eigenvalue weighted by Gasteiger charge is -2.32. The Morgan fingerprint density at radius 2 is 1.71 bits per heavy atom. The van der Waals surface area contributed by atoms with Crippen LogP contribution < -0.4 is 0 Å². The van der Waals surface area contributed by atoms with Gasteiger partial charge in [0.05, 0.1) is 25.0 Å². The molecule has 7 nitrogen and oxygen atoms in total. The fraction of sp³-hybridized carbons (Fsp3) is 0.500. The van der Waals surface area contributed by atoms with Crippen molar-refractivity contribution in [3.63, 3.8) is 0 Å². The molecular weight excluding hydrogens is 483 g/mol. The fourth-order valence-electron chi connectivity index (χ4n) is 5.63. The van der Waals surface area contributed by atoms with E-state index in [1.54, 1.807) is 22.0 Å². The van der Waals surface area contributed by atoms with Gasteiger partial charge in [-0.1, -0.05) is 54.8 Å². The van der Waals surface area contributed by atoms with Crippen molar-refractivity contribution in [2.75, 3.05) is 45.9 Å². The molecule has 2 fully saturated rings. The van der Waals surface area contributed by atoms with Crippen LogP contribution in [0.5, 0.6) is 0 Å². The van der Waals surface area contributed by atoms with E-state index in [1.165, 1.54) is 12.1 Å². The summed E-state index contributed by atoms with van der Waals surface area (Å²) < 4.78 is 19.0. The summed E-state index contributed by atoms with van der Waals surface area (Å²) in [4.78, 5) is 31.4. The van der Waals surface area contributed by atoms with Crippen LogP contribution in [0.3, 0.4) is 0 Å². The third kappa shape index (κ3) is 6.30. The third-order valence-corrected chi connectivity index (χ3v) is 7.94. The van der Waals surface area contributed by atoms with Crippen molar-refractivity contribution in [1.29, 1.82) is 0 Å². The highest BCUT2D eigenvalue weighted by Crippen LogP contribution is 2.33. The lowest BCUT2D eigenvalue weighted by atomic mass is 9.97. The lowest BCUT2D eigenvalue weighted by molar-refractivity contribution is -0.144. The highest BCUT2D eigenvalue weighted by molar-refractivity contribution is 6.03. The van der Waals surface area contributed by atoms with Crippen LogP contribution >= 0.6 is 0 Å². The summed E-state index contributed by atoms with van der Waals surface area (Å²) in [6.45, 7) is 6.34. The van der Waals surface area contributed by atoms with E-state index in [2.05, 4.69) is 4.90 Å². The molecule has 202 valence electrons. The quantitative estimate of drug-likeness (QED) is 0.524. The monoisotopic (exact) mass is 520 g/mol. The van der Waals surface area contributed by atoms with Crippen molar-refractivity contribution < 1.29 is 18.7 Å². The molecule has 1 saturated heterocycles. The first kappa shape index (κ1) is 26.5. The maximum Gasteiger partial charge on any atom is 0.262 e. The Bertz CT molecular complexity index is 1140. The van der Waals surface area contributed by atoms with Gasteiger partial charge in [-0.3, -0.25) is 14.5 Å². The number of benzene rings is 2. The summed E-state index contributed by atoms with van der Waals surface area (Å²) in [5.41, 5.74) is 3.67. The Morgan fingerprint density at radius 3 is 2.39 bits per heavy atom. The molecule has 8 heteroatoms. The Hall–Kier alpha value is -3.10. The van der Waals surface area contributed by atoms with Crippen LogP contribution in [0.2, 0.25) is 0 Å². The minimum Gasteiger partial charge on any atom is -0.379 e. The van der Waals surface area contributed by atoms with E-state index >= 15 is 0 Å². The van der Waals surface area contributed by atoms with Gasteiger partial charge in [-0.25, -0.2) is 9.40 Å². The molecule has 3 aliphatic rings. The summed E-state index contributed by atoms with van der Waals surface area (Å²) in [7, 11) is 0. The summed E-state index contributed by atoms with van der Waals surface area (Å²) in [5.74, 6) is -0.423. The average Bonchev–Trinajstić information content (AvgIpc) is 3.63. The second-order valence-electron chi connectivity index (χ2n) is 10.6. The largest absolute Gasteiger partial charge is 0.379 e. The van der Waals surface area contributed by atoms with Crippen molar-refractivity contribution in [1.82, 2.24) is 14.8 Å². The topological polar surface area (TPSA) is 65.5 Å². The molecule has 2 aliphatic heterocycles. The SMILES string of the molecule is Cc1ccc([C@H]2CC(c3ccc(F)cc3)=NN2C(=O)CN(CCN2CCOCC2)C(=O)C2CCCC2)cc1. The van der Waals surface area contributed by atoms with E-state index < -0.39 is 0 Å². The molecule has 1 aliphatic carbocycles. The first-order chi connectivity index (χ1) is 18.5. The number of aryl methyl sites for hydroxylation is 1. The number of hydrogen-bond acceptors (Lipinski definition) is 5. The van der Waals surface area contributed by atoms with Crippen molar-refractivity contribution in [2.24, 2.45) is 11.0 Å². The van der Waals surface area contributed by atoms with Crippen molar-refractivity contribution >= 4 is 17.5 Å². The Balaban J connectivity index is 1.37. The average molecular weight is 521 g/mol. The van der Waals surface area contributed by atoms with Crippen LogP contribution in [0.1, 0.15) is 54.8 Å². The summed E-state index contributed by atoms with van der Waals surface area (Å²) in [6.07, 6.45) is 4.45. The standard InChI is InChI=1S/C30H37FN4O3/c1-22-6-8-24(9-7-22)28-20-27(23-10-12-26(31)13-11-23)32-35(28)29(36)21-34(30(37)25-4-2-3-5-25)15-14-33-16-18-38-19-17-33/h6-13,25,28H,2-5,14-21H2,1H3/t28-/m1/s1. The predicted molar refractivity (Wildman–Crippen MR) is 144 cm³/mol. The summed E-state index contributed by atoms with van der Waals surface area (Å²) in [5, 5.41) is 6.29. The van der Waals surface area contributed by atoms with Crippen LogP contribution in [0, 0.1) is 18.7 Å². The molecule has 1 saturated carbocycles. The van der Waals surface area contributed by atoms with E-state index in [1.807, 2.05) is 31.2 Å². The lowest BCUT2D eigenvalue weighted by Crippen LogP contribution is -2.47. The summed E-state index contributed by atoms with van der Waals surface area (Å²) >= 11 is 0. The van der Waals surface area contributed by atoms with Crippen molar-refractivity contribution in [3.8, 4) is 0 Å². The molecule has 2 heterocycles. The molecule has 5 rings (SSSR count). The van der Waals surface area contributed by atoms with Crippen LogP contribution in [-0.4, -0.2) is 78.3 Å². The second kappa shape index (κ2) is 12.2. The van der Waals surface area contributed by atoms with Gasteiger partial charge in [-0.05, 0) is 43.0 Å². The number of morpholine rings is 1. The first-order valence-electron chi connectivity index (χ1n) is 13.8. The van der Waals surface area contributed by atoms with Gasteiger partial charge in [-0.2, -0.15) is 5.10 Å². The molecular formula is C30H37FN4O3. The van der Waals surface area contributed by atoms with Gasteiger partial charge < -0.3 is 9.64 Å². The molecule has 1 atom stereocenters. The number of amides is 2. The molecule has 2 aromatic carbocycles. The van der Waals surface area contributed by atoms with E-state index in [4.69, 9.17) is 9.84 Å². The fourth-order valence-corrected chi connectivity index (χ4v) is 5.63. The van der Waals surface area contributed by atoms with Crippen LogP contribution in [-0.2, 0) is 14.3 Å². The maximum absolute atomic E-state index is 13.8.